The summed E-state index contributed by atoms with van der Waals surface area (Å²) in [6.07, 6.45) is 0.428. The Morgan fingerprint density at radius 3 is 2.39 bits per heavy atom. The van der Waals surface area contributed by atoms with Gasteiger partial charge >= 0.3 is 5.97 Å². The summed E-state index contributed by atoms with van der Waals surface area (Å²) < 4.78 is 39.6. The number of esters is 1. The normalized spacial score (nSPS) is 11.4. The van der Waals surface area contributed by atoms with Crippen LogP contribution in [-0.2, 0) is 21.2 Å². The number of ether oxygens (including phenoxy) is 1. The van der Waals surface area contributed by atoms with Crippen LogP contribution in [-0.4, -0.2) is 32.5 Å². The average molecular weight is 509 g/mol. The Hall–Kier alpha value is -4.18. The number of benzene rings is 3. The molecule has 4 rings (SSSR count). The van der Waals surface area contributed by atoms with Gasteiger partial charge < -0.3 is 9.15 Å². The molecule has 0 saturated heterocycles. The van der Waals surface area contributed by atoms with E-state index in [1.54, 1.807) is 13.8 Å². The highest BCUT2D eigenvalue weighted by Gasteiger charge is 2.27. The second kappa shape index (κ2) is 10.2. The predicted molar refractivity (Wildman–Crippen MR) is 135 cm³/mol. The van der Waals surface area contributed by atoms with Crippen molar-refractivity contribution in [3.8, 4) is 0 Å². The van der Waals surface area contributed by atoms with Crippen molar-refractivity contribution in [3.63, 3.8) is 0 Å². The second-order valence-electron chi connectivity index (χ2n) is 8.02. The fourth-order valence-corrected chi connectivity index (χ4v) is 5.38. The number of carbonyl (C=O) groups excluding carboxylic acids is 1. The maximum absolute atomic E-state index is 13.8. The summed E-state index contributed by atoms with van der Waals surface area (Å²) in [5.74, 6) is -0.594. The van der Waals surface area contributed by atoms with E-state index in [2.05, 4.69) is 0 Å². The number of nitro groups is 1. The van der Waals surface area contributed by atoms with Crippen LogP contribution in [0, 0.1) is 17.0 Å². The first-order valence-electron chi connectivity index (χ1n) is 11.2. The minimum Gasteiger partial charge on any atom is -0.460 e. The van der Waals surface area contributed by atoms with Crippen molar-refractivity contribution in [3.05, 3.63) is 99.8 Å². The number of carbonyl (C=O) groups is 1. The Balaban J connectivity index is 1.75. The van der Waals surface area contributed by atoms with Crippen LogP contribution in [0.2, 0.25) is 0 Å². The molecule has 0 bridgehead atoms. The van der Waals surface area contributed by atoms with Crippen molar-refractivity contribution in [2.24, 2.45) is 0 Å². The third kappa shape index (κ3) is 4.94. The van der Waals surface area contributed by atoms with Gasteiger partial charge in [0.15, 0.2) is 0 Å². The molecule has 0 aliphatic carbocycles. The smallest absolute Gasteiger partial charge is 0.374 e. The first-order valence-corrected chi connectivity index (χ1v) is 12.7. The average Bonchev–Trinajstić information content (AvgIpc) is 3.21. The summed E-state index contributed by atoms with van der Waals surface area (Å²) in [5.41, 5.74) is 1.95. The van der Waals surface area contributed by atoms with Crippen LogP contribution in [0.15, 0.2) is 82.1 Å². The lowest BCUT2D eigenvalue weighted by atomic mass is 10.1. The second-order valence-corrected chi connectivity index (χ2v) is 9.88. The SMILES string of the molecule is CCOC(=O)c1oc2ccc(S(=O)(=O)N(CCc3ccccc3)c3ccc([N+](=O)[O-])cc3)cc2c1C. The zero-order valence-electron chi connectivity index (χ0n) is 19.7. The quantitative estimate of drug-likeness (QED) is 0.172. The van der Waals surface area contributed by atoms with E-state index in [1.165, 1.54) is 46.8 Å². The van der Waals surface area contributed by atoms with Gasteiger partial charge in [-0.25, -0.2) is 13.2 Å². The summed E-state index contributed by atoms with van der Waals surface area (Å²) in [6, 6.07) is 19.2. The summed E-state index contributed by atoms with van der Waals surface area (Å²) >= 11 is 0. The van der Waals surface area contributed by atoms with Crippen molar-refractivity contribution in [2.75, 3.05) is 17.5 Å². The lowest BCUT2D eigenvalue weighted by Gasteiger charge is -2.24. The molecule has 1 heterocycles. The highest BCUT2D eigenvalue weighted by Crippen LogP contribution is 2.31. The first-order chi connectivity index (χ1) is 17.2. The van der Waals surface area contributed by atoms with E-state index in [0.29, 0.717) is 28.6 Å². The van der Waals surface area contributed by atoms with Crippen molar-refractivity contribution >= 4 is 38.3 Å². The van der Waals surface area contributed by atoms with Crippen LogP contribution in [0.3, 0.4) is 0 Å². The van der Waals surface area contributed by atoms with E-state index in [9.17, 15) is 23.3 Å². The number of nitrogens with zero attached hydrogens (tertiary/aromatic N) is 2. The molecule has 0 saturated carbocycles. The summed E-state index contributed by atoms with van der Waals surface area (Å²) in [5, 5.41) is 11.6. The van der Waals surface area contributed by atoms with Crippen LogP contribution in [0.1, 0.15) is 28.6 Å². The van der Waals surface area contributed by atoms with Crippen LogP contribution in [0.25, 0.3) is 11.0 Å². The molecule has 0 aliphatic rings. The number of aryl methyl sites for hydroxylation is 1. The molecule has 186 valence electrons. The molecule has 3 aromatic carbocycles. The summed E-state index contributed by atoms with van der Waals surface area (Å²) in [6.45, 7) is 3.64. The van der Waals surface area contributed by atoms with Crippen molar-refractivity contribution in [1.29, 1.82) is 0 Å². The molecule has 4 aromatic rings. The number of fused-ring (bicyclic) bond motifs is 1. The van der Waals surface area contributed by atoms with Crippen LogP contribution in [0.5, 0.6) is 0 Å². The highest BCUT2D eigenvalue weighted by molar-refractivity contribution is 7.92. The number of furan rings is 1. The lowest BCUT2D eigenvalue weighted by Crippen LogP contribution is -2.33. The van der Waals surface area contributed by atoms with E-state index >= 15 is 0 Å². The number of hydrogen-bond donors (Lipinski definition) is 0. The van der Waals surface area contributed by atoms with Gasteiger partial charge in [0.2, 0.25) is 5.76 Å². The monoisotopic (exact) mass is 508 g/mol. The minimum absolute atomic E-state index is 0.000670. The van der Waals surface area contributed by atoms with Gasteiger partial charge in [0.1, 0.15) is 5.58 Å². The molecule has 0 aliphatic heterocycles. The Labute approximate surface area is 208 Å². The highest BCUT2D eigenvalue weighted by atomic mass is 32.2. The van der Waals surface area contributed by atoms with Gasteiger partial charge in [0, 0.05) is 29.6 Å². The molecule has 10 heteroatoms. The minimum atomic E-state index is -4.08. The third-order valence-electron chi connectivity index (χ3n) is 5.75. The third-order valence-corrected chi connectivity index (χ3v) is 7.57. The van der Waals surface area contributed by atoms with Gasteiger partial charge in [-0.05, 0) is 56.2 Å². The van der Waals surface area contributed by atoms with Gasteiger partial charge in [-0.3, -0.25) is 14.4 Å². The van der Waals surface area contributed by atoms with Gasteiger partial charge in [-0.15, -0.1) is 0 Å². The van der Waals surface area contributed by atoms with Crippen molar-refractivity contribution in [2.45, 2.75) is 25.2 Å². The van der Waals surface area contributed by atoms with Gasteiger partial charge in [-0.1, -0.05) is 30.3 Å². The van der Waals surface area contributed by atoms with Crippen molar-refractivity contribution in [1.82, 2.24) is 0 Å². The molecule has 36 heavy (non-hydrogen) atoms. The molecule has 9 nitrogen and oxygen atoms in total. The van der Waals surface area contributed by atoms with E-state index < -0.39 is 20.9 Å². The van der Waals surface area contributed by atoms with E-state index in [0.717, 1.165) is 5.56 Å². The maximum atomic E-state index is 13.8. The number of anilines is 1. The van der Waals surface area contributed by atoms with Gasteiger partial charge in [-0.2, -0.15) is 0 Å². The zero-order valence-corrected chi connectivity index (χ0v) is 20.5. The Kier molecular flexibility index (Phi) is 7.07. The molecule has 0 spiro atoms. The molecule has 0 radical (unpaired) electrons. The first kappa shape index (κ1) is 24.9. The van der Waals surface area contributed by atoms with Crippen LogP contribution < -0.4 is 4.31 Å². The van der Waals surface area contributed by atoms with Gasteiger partial charge in [0.25, 0.3) is 15.7 Å². The molecule has 0 atom stereocenters. The summed E-state index contributed by atoms with van der Waals surface area (Å²) in [4.78, 5) is 22.8. The zero-order chi connectivity index (χ0) is 25.9. The van der Waals surface area contributed by atoms with Crippen molar-refractivity contribution < 1.29 is 27.3 Å². The molecular formula is C26H24N2O7S. The molecule has 0 amide bonds. The Bertz CT molecular complexity index is 1510. The van der Waals surface area contributed by atoms with Crippen LogP contribution >= 0.6 is 0 Å². The molecule has 0 fully saturated rings. The lowest BCUT2D eigenvalue weighted by molar-refractivity contribution is -0.384. The topological polar surface area (TPSA) is 120 Å². The number of rotatable bonds is 9. The number of sulfonamides is 1. The van der Waals surface area contributed by atoms with Crippen LogP contribution in [0.4, 0.5) is 11.4 Å². The fourth-order valence-electron chi connectivity index (χ4n) is 3.88. The molecule has 1 aromatic heterocycles. The predicted octanol–water partition coefficient (Wildman–Crippen LogP) is 5.26. The number of non-ortho nitro benzene ring substituents is 1. The summed E-state index contributed by atoms with van der Waals surface area (Å²) in [7, 11) is -4.08. The molecule has 0 unspecified atom stereocenters. The van der Waals surface area contributed by atoms with Gasteiger partial charge in [0.05, 0.1) is 22.1 Å². The standard InChI is InChI=1S/C26H24N2O7S/c1-3-34-26(29)25-18(2)23-17-22(13-14-24(23)35-25)36(32,33)27(16-15-19-7-5-4-6-8-19)20-9-11-21(12-10-20)28(30)31/h4-14,17H,3,15-16H2,1-2H3. The molecule has 0 N–H and O–H groups in total. The van der Waals surface area contributed by atoms with E-state index in [4.69, 9.17) is 9.15 Å². The Morgan fingerprint density at radius 2 is 1.75 bits per heavy atom. The number of hydrogen-bond acceptors (Lipinski definition) is 7. The Morgan fingerprint density at radius 1 is 1.06 bits per heavy atom. The van der Waals surface area contributed by atoms with E-state index in [1.807, 2.05) is 30.3 Å². The maximum Gasteiger partial charge on any atom is 0.374 e. The van der Waals surface area contributed by atoms with E-state index in [-0.39, 0.29) is 29.5 Å². The molecular weight excluding hydrogens is 484 g/mol. The number of nitro benzene ring substituents is 1. The fraction of sp³-hybridized carbons (Fsp3) is 0.192. The largest absolute Gasteiger partial charge is 0.460 e.